The highest BCUT2D eigenvalue weighted by atomic mass is 35.5. The molecule has 0 saturated carbocycles. The van der Waals surface area contributed by atoms with Crippen LogP contribution in [-0.2, 0) is 16.2 Å². The Morgan fingerprint density at radius 3 is 2.41 bits per heavy atom. The minimum absolute atomic E-state index is 0.141. The summed E-state index contributed by atoms with van der Waals surface area (Å²) in [6, 6.07) is 18.0. The summed E-state index contributed by atoms with van der Waals surface area (Å²) < 4.78 is 11.3. The van der Waals surface area contributed by atoms with Crippen LogP contribution in [0.15, 0.2) is 65.8 Å². The first-order valence-corrected chi connectivity index (χ1v) is 11.0. The molecule has 0 aromatic heterocycles. The van der Waals surface area contributed by atoms with Crippen LogP contribution in [-0.4, -0.2) is 24.6 Å². The number of rotatable bonds is 7. The molecule has 0 heterocycles. The van der Waals surface area contributed by atoms with Gasteiger partial charge >= 0.3 is 11.8 Å². The van der Waals surface area contributed by atoms with Crippen molar-refractivity contribution < 1.29 is 19.1 Å². The number of anilines is 1. The number of nitrogens with zero attached hydrogens (tertiary/aromatic N) is 1. The number of methoxy groups -OCH3 is 1. The minimum Gasteiger partial charge on any atom is -0.493 e. The fourth-order valence-electron chi connectivity index (χ4n) is 2.89. The van der Waals surface area contributed by atoms with Gasteiger partial charge in [-0.1, -0.05) is 59.1 Å². The third kappa shape index (κ3) is 6.50. The summed E-state index contributed by atoms with van der Waals surface area (Å²) in [6.07, 6.45) is 0. The van der Waals surface area contributed by atoms with Crippen LogP contribution in [0.25, 0.3) is 0 Å². The highest BCUT2D eigenvalue weighted by Gasteiger charge is 2.16. The molecule has 0 bridgehead atoms. The van der Waals surface area contributed by atoms with Crippen molar-refractivity contribution in [2.45, 2.75) is 20.5 Å². The number of carbonyl (C=O) groups excluding carboxylic acids is 2. The Labute approximate surface area is 207 Å². The van der Waals surface area contributed by atoms with E-state index in [0.717, 1.165) is 5.56 Å². The van der Waals surface area contributed by atoms with Crippen LogP contribution in [0.5, 0.6) is 11.5 Å². The second kappa shape index (κ2) is 11.5. The van der Waals surface area contributed by atoms with Gasteiger partial charge in [0.05, 0.1) is 28.6 Å². The van der Waals surface area contributed by atoms with Crippen molar-refractivity contribution in [3.8, 4) is 11.5 Å². The predicted octanol–water partition coefficient (Wildman–Crippen LogP) is 5.37. The second-order valence-electron chi connectivity index (χ2n) is 7.33. The number of hydrogen-bond acceptors (Lipinski definition) is 5. The second-order valence-corrected chi connectivity index (χ2v) is 8.12. The standard InChI is InChI=1S/C25H23Cl2N3O4/c1-15-7-9-17(10-8-15)14-34-21-12-11-18(13-22(21)33-3)16(2)29-30-25(32)24(31)28-20-6-4-5-19(26)23(20)27/h4-13H,14H2,1-3H3,(H,28,31)(H,30,32)/b29-16+. The van der Waals surface area contributed by atoms with E-state index in [4.69, 9.17) is 32.7 Å². The zero-order valence-corrected chi connectivity index (χ0v) is 20.3. The average molecular weight is 500 g/mol. The Hall–Kier alpha value is -3.55. The lowest BCUT2D eigenvalue weighted by Crippen LogP contribution is -2.33. The van der Waals surface area contributed by atoms with Crippen molar-refractivity contribution in [2.75, 3.05) is 12.4 Å². The lowest BCUT2D eigenvalue weighted by atomic mass is 10.1. The Kier molecular flexibility index (Phi) is 8.51. The highest BCUT2D eigenvalue weighted by Crippen LogP contribution is 2.30. The van der Waals surface area contributed by atoms with Gasteiger partial charge in [0.15, 0.2) is 11.5 Å². The third-order valence-electron chi connectivity index (χ3n) is 4.83. The Balaban J connectivity index is 1.63. The predicted molar refractivity (Wildman–Crippen MR) is 134 cm³/mol. The zero-order valence-electron chi connectivity index (χ0n) is 18.8. The van der Waals surface area contributed by atoms with E-state index in [-0.39, 0.29) is 15.7 Å². The fourth-order valence-corrected chi connectivity index (χ4v) is 3.23. The number of nitrogens with one attached hydrogen (secondary N) is 2. The summed E-state index contributed by atoms with van der Waals surface area (Å²) in [5.41, 5.74) is 5.81. The van der Waals surface area contributed by atoms with Crippen LogP contribution in [0, 0.1) is 6.92 Å². The summed E-state index contributed by atoms with van der Waals surface area (Å²) in [5, 5.41) is 6.80. The van der Waals surface area contributed by atoms with Crippen LogP contribution in [0.4, 0.5) is 5.69 Å². The summed E-state index contributed by atoms with van der Waals surface area (Å²) in [5.74, 6) is -0.807. The van der Waals surface area contributed by atoms with Crippen molar-refractivity contribution in [1.82, 2.24) is 5.43 Å². The molecule has 2 N–H and O–H groups in total. The number of carbonyl (C=O) groups is 2. The molecule has 2 amide bonds. The molecule has 34 heavy (non-hydrogen) atoms. The molecule has 0 spiro atoms. The zero-order chi connectivity index (χ0) is 24.7. The minimum atomic E-state index is -0.958. The van der Waals surface area contributed by atoms with Crippen molar-refractivity contribution in [3.63, 3.8) is 0 Å². The van der Waals surface area contributed by atoms with E-state index in [0.29, 0.717) is 29.4 Å². The molecule has 9 heteroatoms. The lowest BCUT2D eigenvalue weighted by molar-refractivity contribution is -0.136. The topological polar surface area (TPSA) is 89.0 Å². The maximum atomic E-state index is 12.1. The first kappa shape index (κ1) is 25.1. The summed E-state index contributed by atoms with van der Waals surface area (Å²) in [7, 11) is 1.54. The normalized spacial score (nSPS) is 11.0. The maximum absolute atomic E-state index is 12.1. The van der Waals surface area contributed by atoms with Gasteiger partial charge in [0.1, 0.15) is 6.61 Å². The molecule has 3 rings (SSSR count). The number of hydrogen-bond donors (Lipinski definition) is 2. The fraction of sp³-hybridized carbons (Fsp3) is 0.160. The van der Waals surface area contributed by atoms with Gasteiger partial charge in [-0.3, -0.25) is 9.59 Å². The van der Waals surface area contributed by atoms with Crippen LogP contribution < -0.4 is 20.2 Å². The van der Waals surface area contributed by atoms with Gasteiger partial charge in [-0.15, -0.1) is 0 Å². The van der Waals surface area contributed by atoms with Gasteiger partial charge in [-0.2, -0.15) is 5.10 Å². The molecule has 7 nitrogen and oxygen atoms in total. The van der Waals surface area contributed by atoms with E-state index < -0.39 is 11.8 Å². The molecule has 0 unspecified atom stereocenters. The van der Waals surface area contributed by atoms with Crippen LogP contribution in [0.2, 0.25) is 10.0 Å². The number of halogens is 2. The summed E-state index contributed by atoms with van der Waals surface area (Å²) in [6.45, 7) is 4.11. The maximum Gasteiger partial charge on any atom is 0.329 e. The first-order chi connectivity index (χ1) is 16.3. The molecule has 176 valence electrons. The molecular weight excluding hydrogens is 477 g/mol. The molecule has 0 aliphatic heterocycles. The number of aryl methyl sites for hydroxylation is 1. The molecule has 0 saturated heterocycles. The van der Waals surface area contributed by atoms with Crippen LogP contribution in [0.3, 0.4) is 0 Å². The highest BCUT2D eigenvalue weighted by molar-refractivity contribution is 6.45. The Bertz CT molecular complexity index is 1230. The van der Waals surface area contributed by atoms with E-state index in [1.54, 1.807) is 37.3 Å². The monoisotopic (exact) mass is 499 g/mol. The molecule has 3 aromatic rings. The summed E-state index contributed by atoms with van der Waals surface area (Å²) in [4.78, 5) is 24.3. The molecule has 0 fully saturated rings. The van der Waals surface area contributed by atoms with Crippen molar-refractivity contribution >= 4 is 46.4 Å². The van der Waals surface area contributed by atoms with E-state index in [9.17, 15) is 9.59 Å². The van der Waals surface area contributed by atoms with Gasteiger partial charge in [-0.05, 0) is 49.7 Å². The van der Waals surface area contributed by atoms with E-state index in [2.05, 4.69) is 15.8 Å². The van der Waals surface area contributed by atoms with Crippen LogP contribution in [0.1, 0.15) is 23.6 Å². The molecule has 0 aliphatic rings. The van der Waals surface area contributed by atoms with Crippen molar-refractivity contribution in [2.24, 2.45) is 5.10 Å². The molecular formula is C25H23Cl2N3O4. The molecule has 3 aromatic carbocycles. The molecule has 0 aliphatic carbocycles. The van der Waals surface area contributed by atoms with Gasteiger partial charge in [-0.25, -0.2) is 5.43 Å². The quantitative estimate of drug-likeness (QED) is 0.260. The van der Waals surface area contributed by atoms with E-state index in [1.165, 1.54) is 18.7 Å². The Morgan fingerprint density at radius 1 is 0.971 bits per heavy atom. The SMILES string of the molecule is COc1cc(/C(C)=N/NC(=O)C(=O)Nc2cccc(Cl)c2Cl)ccc1OCc1ccc(C)cc1. The largest absolute Gasteiger partial charge is 0.493 e. The number of amides is 2. The van der Waals surface area contributed by atoms with Gasteiger partial charge < -0.3 is 14.8 Å². The third-order valence-corrected chi connectivity index (χ3v) is 5.65. The molecule has 0 radical (unpaired) electrons. The van der Waals surface area contributed by atoms with E-state index >= 15 is 0 Å². The number of benzene rings is 3. The van der Waals surface area contributed by atoms with Crippen molar-refractivity contribution in [1.29, 1.82) is 0 Å². The van der Waals surface area contributed by atoms with Gasteiger partial charge in [0.25, 0.3) is 0 Å². The first-order valence-electron chi connectivity index (χ1n) is 10.2. The Morgan fingerprint density at radius 2 is 1.71 bits per heavy atom. The number of ether oxygens (including phenoxy) is 2. The van der Waals surface area contributed by atoms with Gasteiger partial charge in [0, 0.05) is 5.56 Å². The smallest absolute Gasteiger partial charge is 0.329 e. The lowest BCUT2D eigenvalue weighted by Gasteiger charge is -2.12. The number of hydrazone groups is 1. The average Bonchev–Trinajstić information content (AvgIpc) is 2.84. The van der Waals surface area contributed by atoms with Gasteiger partial charge in [0.2, 0.25) is 0 Å². The summed E-state index contributed by atoms with van der Waals surface area (Å²) >= 11 is 11.9. The van der Waals surface area contributed by atoms with Crippen LogP contribution >= 0.6 is 23.2 Å². The molecule has 0 atom stereocenters. The van der Waals surface area contributed by atoms with Crippen molar-refractivity contribution in [3.05, 3.63) is 87.4 Å². The van der Waals surface area contributed by atoms with E-state index in [1.807, 2.05) is 31.2 Å².